The summed E-state index contributed by atoms with van der Waals surface area (Å²) < 4.78 is 1.51. The lowest BCUT2D eigenvalue weighted by Crippen LogP contribution is -2.41. The van der Waals surface area contributed by atoms with E-state index in [-0.39, 0.29) is 24.5 Å². The fourth-order valence-corrected chi connectivity index (χ4v) is 1.97. The Morgan fingerprint density at radius 1 is 1.38 bits per heavy atom. The Morgan fingerprint density at radius 2 is 2.10 bits per heavy atom. The molecule has 0 spiro atoms. The van der Waals surface area contributed by atoms with Crippen LogP contribution in [0.4, 0.5) is 0 Å². The highest BCUT2D eigenvalue weighted by Crippen LogP contribution is 2.15. The number of aryl methyl sites for hydroxylation is 1. The van der Waals surface area contributed by atoms with Gasteiger partial charge in [-0.15, -0.1) is 5.10 Å². The zero-order valence-electron chi connectivity index (χ0n) is 12.3. The largest absolute Gasteiger partial charge is 0.394 e. The van der Waals surface area contributed by atoms with Crippen LogP contribution < -0.4 is 5.32 Å². The second kappa shape index (κ2) is 6.45. The van der Waals surface area contributed by atoms with Crippen LogP contribution in [-0.4, -0.2) is 43.9 Å². The number of benzene rings is 1. The number of para-hydroxylation sites is 1. The van der Waals surface area contributed by atoms with Gasteiger partial charge < -0.3 is 10.4 Å². The van der Waals surface area contributed by atoms with Gasteiger partial charge in [-0.2, -0.15) is 4.68 Å². The first-order chi connectivity index (χ1) is 10.0. The summed E-state index contributed by atoms with van der Waals surface area (Å²) in [5.41, 5.74) is 1.07. The molecule has 0 aliphatic heterocycles. The first-order valence-corrected chi connectivity index (χ1v) is 6.80. The molecular formula is C14H19N5O2. The molecule has 2 rings (SSSR count). The second-order valence-electron chi connectivity index (χ2n) is 5.16. The van der Waals surface area contributed by atoms with Crippen LogP contribution in [0, 0.1) is 12.8 Å². The van der Waals surface area contributed by atoms with E-state index in [4.69, 9.17) is 0 Å². The van der Waals surface area contributed by atoms with Gasteiger partial charge in [0, 0.05) is 0 Å². The van der Waals surface area contributed by atoms with Gasteiger partial charge in [0.2, 0.25) is 0 Å². The minimum absolute atomic E-state index is 0.102. The molecule has 7 nitrogen and oxygen atoms in total. The van der Waals surface area contributed by atoms with Gasteiger partial charge in [0.15, 0.2) is 5.82 Å². The third kappa shape index (κ3) is 3.25. The number of rotatable bonds is 5. The SMILES string of the molecule is Cc1nnnn1-c1ccccc1C(=O)NC(CO)C(C)C. The van der Waals surface area contributed by atoms with Crippen LogP contribution in [0.15, 0.2) is 24.3 Å². The van der Waals surface area contributed by atoms with Crippen LogP contribution in [0.25, 0.3) is 5.69 Å². The van der Waals surface area contributed by atoms with E-state index >= 15 is 0 Å². The molecule has 21 heavy (non-hydrogen) atoms. The number of aliphatic hydroxyl groups excluding tert-OH is 1. The molecular weight excluding hydrogens is 270 g/mol. The minimum Gasteiger partial charge on any atom is -0.394 e. The van der Waals surface area contributed by atoms with Crippen molar-refractivity contribution in [1.82, 2.24) is 25.5 Å². The molecule has 1 atom stereocenters. The summed E-state index contributed by atoms with van der Waals surface area (Å²) in [6, 6.07) is 6.79. The van der Waals surface area contributed by atoms with E-state index in [2.05, 4.69) is 20.8 Å². The molecule has 0 aliphatic rings. The van der Waals surface area contributed by atoms with Crippen molar-refractivity contribution in [2.24, 2.45) is 5.92 Å². The summed E-state index contributed by atoms with van der Waals surface area (Å²) in [5, 5.41) is 23.5. The number of amides is 1. The van der Waals surface area contributed by atoms with Crippen LogP contribution in [0.3, 0.4) is 0 Å². The number of carbonyl (C=O) groups excluding carboxylic acids is 1. The molecule has 1 unspecified atom stereocenters. The number of carbonyl (C=O) groups is 1. The van der Waals surface area contributed by atoms with Crippen LogP contribution >= 0.6 is 0 Å². The maximum atomic E-state index is 12.4. The highest BCUT2D eigenvalue weighted by molar-refractivity contribution is 5.97. The number of aromatic nitrogens is 4. The molecule has 2 N–H and O–H groups in total. The molecule has 0 radical (unpaired) electrons. The van der Waals surface area contributed by atoms with Crippen molar-refractivity contribution in [2.75, 3.05) is 6.61 Å². The average molecular weight is 289 g/mol. The lowest BCUT2D eigenvalue weighted by Gasteiger charge is -2.20. The summed E-state index contributed by atoms with van der Waals surface area (Å²) in [5.74, 6) is 0.479. The van der Waals surface area contributed by atoms with Gasteiger partial charge in [-0.05, 0) is 35.4 Å². The fourth-order valence-electron chi connectivity index (χ4n) is 1.97. The quantitative estimate of drug-likeness (QED) is 0.846. The topological polar surface area (TPSA) is 92.9 Å². The first kappa shape index (κ1) is 15.1. The average Bonchev–Trinajstić information content (AvgIpc) is 2.90. The number of aliphatic hydroxyl groups is 1. The van der Waals surface area contributed by atoms with E-state index in [1.165, 1.54) is 4.68 Å². The standard InChI is InChI=1S/C14H19N5O2/c1-9(2)12(8-20)15-14(21)11-6-4-5-7-13(11)19-10(3)16-17-18-19/h4-7,9,12,20H,8H2,1-3H3,(H,15,21). The van der Waals surface area contributed by atoms with Crippen molar-refractivity contribution >= 4 is 5.91 Å². The van der Waals surface area contributed by atoms with E-state index in [1.54, 1.807) is 25.1 Å². The lowest BCUT2D eigenvalue weighted by atomic mass is 10.0. The minimum atomic E-state index is -0.291. The molecule has 0 saturated carbocycles. The van der Waals surface area contributed by atoms with Crippen molar-refractivity contribution in [2.45, 2.75) is 26.8 Å². The maximum Gasteiger partial charge on any atom is 0.253 e. The summed E-state index contributed by atoms with van der Waals surface area (Å²) in [6.07, 6.45) is 0. The lowest BCUT2D eigenvalue weighted by molar-refractivity contribution is 0.0896. The molecule has 0 saturated heterocycles. The van der Waals surface area contributed by atoms with Gasteiger partial charge >= 0.3 is 0 Å². The number of hydrogen-bond donors (Lipinski definition) is 2. The monoisotopic (exact) mass is 289 g/mol. The Balaban J connectivity index is 2.32. The first-order valence-electron chi connectivity index (χ1n) is 6.80. The zero-order chi connectivity index (χ0) is 15.4. The van der Waals surface area contributed by atoms with E-state index in [0.717, 1.165) is 0 Å². The number of tetrazole rings is 1. The van der Waals surface area contributed by atoms with Crippen molar-refractivity contribution < 1.29 is 9.90 Å². The zero-order valence-corrected chi connectivity index (χ0v) is 12.3. The Labute approximate surface area is 123 Å². The van der Waals surface area contributed by atoms with Crippen molar-refractivity contribution in [1.29, 1.82) is 0 Å². The third-order valence-corrected chi connectivity index (χ3v) is 3.32. The van der Waals surface area contributed by atoms with Gasteiger partial charge in [0.1, 0.15) is 0 Å². The Kier molecular flexibility index (Phi) is 4.64. The molecule has 7 heteroatoms. The van der Waals surface area contributed by atoms with Crippen molar-refractivity contribution in [3.8, 4) is 5.69 Å². The summed E-state index contributed by atoms with van der Waals surface area (Å²) in [4.78, 5) is 12.4. The van der Waals surface area contributed by atoms with Crippen molar-refractivity contribution in [3.63, 3.8) is 0 Å². The van der Waals surface area contributed by atoms with E-state index in [0.29, 0.717) is 17.1 Å². The predicted octanol–water partition coefficient (Wildman–Crippen LogP) is 0.717. The molecule has 1 aromatic carbocycles. The van der Waals surface area contributed by atoms with Crippen LogP contribution in [0.2, 0.25) is 0 Å². The van der Waals surface area contributed by atoms with Crippen molar-refractivity contribution in [3.05, 3.63) is 35.7 Å². The molecule has 1 amide bonds. The second-order valence-corrected chi connectivity index (χ2v) is 5.16. The van der Waals surface area contributed by atoms with Gasteiger partial charge in [0.05, 0.1) is 23.9 Å². The number of hydrogen-bond acceptors (Lipinski definition) is 5. The van der Waals surface area contributed by atoms with Gasteiger partial charge in [-0.25, -0.2) is 0 Å². The van der Waals surface area contributed by atoms with Gasteiger partial charge in [-0.3, -0.25) is 4.79 Å². The summed E-state index contributed by atoms with van der Waals surface area (Å²) in [6.45, 7) is 5.55. The van der Waals surface area contributed by atoms with Crippen LogP contribution in [0.1, 0.15) is 30.0 Å². The molecule has 1 heterocycles. The van der Waals surface area contributed by atoms with E-state index in [1.807, 2.05) is 19.9 Å². The molecule has 112 valence electrons. The predicted molar refractivity (Wildman–Crippen MR) is 77.1 cm³/mol. The Hall–Kier alpha value is -2.28. The van der Waals surface area contributed by atoms with Crippen LogP contribution in [0.5, 0.6) is 0 Å². The fraction of sp³-hybridized carbons (Fsp3) is 0.429. The molecule has 0 fully saturated rings. The highest BCUT2D eigenvalue weighted by Gasteiger charge is 2.19. The maximum absolute atomic E-state index is 12.4. The summed E-state index contributed by atoms with van der Waals surface area (Å²) >= 11 is 0. The molecule has 0 bridgehead atoms. The van der Waals surface area contributed by atoms with Crippen LogP contribution in [-0.2, 0) is 0 Å². The smallest absolute Gasteiger partial charge is 0.253 e. The third-order valence-electron chi connectivity index (χ3n) is 3.32. The molecule has 1 aromatic heterocycles. The molecule has 2 aromatic rings. The van der Waals surface area contributed by atoms with Gasteiger partial charge in [0.25, 0.3) is 5.91 Å². The molecule has 0 aliphatic carbocycles. The number of nitrogens with zero attached hydrogens (tertiary/aromatic N) is 4. The van der Waals surface area contributed by atoms with E-state index < -0.39 is 0 Å². The highest BCUT2D eigenvalue weighted by atomic mass is 16.3. The summed E-state index contributed by atoms with van der Waals surface area (Å²) in [7, 11) is 0. The normalized spacial score (nSPS) is 12.4. The Morgan fingerprint density at radius 3 is 2.67 bits per heavy atom. The van der Waals surface area contributed by atoms with E-state index in [9.17, 15) is 9.90 Å². The Bertz CT molecular complexity index is 623. The number of nitrogens with one attached hydrogen (secondary N) is 1. The van der Waals surface area contributed by atoms with Gasteiger partial charge in [-0.1, -0.05) is 26.0 Å².